The highest BCUT2D eigenvalue weighted by Crippen LogP contribution is 2.17. The van der Waals surface area contributed by atoms with E-state index >= 15 is 0 Å². The first-order valence-electron chi connectivity index (χ1n) is 7.92. The molecule has 124 valence electrons. The lowest BCUT2D eigenvalue weighted by molar-refractivity contribution is -0.122. The van der Waals surface area contributed by atoms with E-state index in [0.717, 1.165) is 12.0 Å². The van der Waals surface area contributed by atoms with E-state index in [0.29, 0.717) is 18.2 Å². The zero-order chi connectivity index (χ0) is 16.7. The first-order valence-corrected chi connectivity index (χ1v) is 7.92. The molecule has 0 spiro atoms. The number of aliphatic hydroxyl groups is 1. The Morgan fingerprint density at radius 2 is 2.04 bits per heavy atom. The summed E-state index contributed by atoms with van der Waals surface area (Å²) in [6.45, 7) is 3.98. The molecule has 0 aliphatic rings. The van der Waals surface area contributed by atoms with Crippen LogP contribution in [-0.4, -0.2) is 33.9 Å². The molecule has 0 fully saturated rings. The van der Waals surface area contributed by atoms with Crippen LogP contribution >= 0.6 is 0 Å². The second kappa shape index (κ2) is 8.43. The molecule has 2 rings (SSSR count). The lowest BCUT2D eigenvalue weighted by atomic mass is 10.00. The number of aliphatic hydroxyl groups excluding tert-OH is 1. The molecule has 2 N–H and O–H groups in total. The van der Waals surface area contributed by atoms with Gasteiger partial charge in [0.15, 0.2) is 0 Å². The summed E-state index contributed by atoms with van der Waals surface area (Å²) in [5.74, 6) is 0.998. The number of hydrogen-bond donors (Lipinski definition) is 2. The molecule has 6 heteroatoms. The van der Waals surface area contributed by atoms with Gasteiger partial charge >= 0.3 is 0 Å². The van der Waals surface area contributed by atoms with Crippen LogP contribution in [0.3, 0.4) is 0 Å². The normalized spacial score (nSPS) is 13.5. The summed E-state index contributed by atoms with van der Waals surface area (Å²) < 4.78 is 5.57. The van der Waals surface area contributed by atoms with E-state index in [1.807, 2.05) is 44.2 Å². The molecule has 0 unspecified atom stereocenters. The van der Waals surface area contributed by atoms with Crippen LogP contribution in [0.2, 0.25) is 0 Å². The van der Waals surface area contributed by atoms with E-state index in [-0.39, 0.29) is 30.9 Å². The Labute approximate surface area is 135 Å². The number of amides is 1. The monoisotopic (exact) mass is 317 g/mol. The number of carbonyl (C=O) groups excluding carboxylic acids is 1. The van der Waals surface area contributed by atoms with Crippen molar-refractivity contribution in [1.82, 2.24) is 15.5 Å². The van der Waals surface area contributed by atoms with Crippen LogP contribution < -0.4 is 5.32 Å². The van der Waals surface area contributed by atoms with Gasteiger partial charge in [0, 0.05) is 18.4 Å². The minimum absolute atomic E-state index is 0.0561. The van der Waals surface area contributed by atoms with Crippen molar-refractivity contribution in [3.8, 4) is 11.5 Å². The number of hydrogen-bond acceptors (Lipinski definition) is 5. The molecule has 2 atom stereocenters. The average molecular weight is 317 g/mol. The maximum absolute atomic E-state index is 12.0. The fourth-order valence-corrected chi connectivity index (χ4v) is 2.20. The molecule has 1 heterocycles. The number of carbonyl (C=O) groups is 1. The van der Waals surface area contributed by atoms with E-state index in [9.17, 15) is 9.90 Å². The van der Waals surface area contributed by atoms with Crippen LogP contribution in [0.25, 0.3) is 11.5 Å². The fourth-order valence-electron chi connectivity index (χ4n) is 2.20. The average Bonchev–Trinajstić information content (AvgIpc) is 3.07. The van der Waals surface area contributed by atoms with Crippen LogP contribution in [-0.2, 0) is 11.2 Å². The number of benzene rings is 1. The van der Waals surface area contributed by atoms with Crippen LogP contribution in [0.5, 0.6) is 0 Å². The Hall–Kier alpha value is -2.21. The molecule has 0 bridgehead atoms. The van der Waals surface area contributed by atoms with E-state index < -0.39 is 0 Å². The maximum atomic E-state index is 12.0. The topological polar surface area (TPSA) is 88.2 Å². The minimum atomic E-state index is -0.213. The standard InChI is InChI=1S/C17H23N3O3/c1-3-12(2)14(11-21)18-15(22)9-10-16-19-20-17(23-16)13-7-5-4-6-8-13/h4-8,12,14,21H,3,9-11H2,1-2H3,(H,18,22)/t12-,14-/m0/s1. The predicted molar refractivity (Wildman–Crippen MR) is 86.5 cm³/mol. The van der Waals surface area contributed by atoms with Gasteiger partial charge in [-0.25, -0.2) is 0 Å². The molecule has 0 saturated heterocycles. The maximum Gasteiger partial charge on any atom is 0.247 e. The third kappa shape index (κ3) is 4.89. The van der Waals surface area contributed by atoms with Gasteiger partial charge < -0.3 is 14.8 Å². The largest absolute Gasteiger partial charge is 0.421 e. The number of aryl methyl sites for hydroxylation is 1. The van der Waals surface area contributed by atoms with Gasteiger partial charge in [-0.2, -0.15) is 0 Å². The Balaban J connectivity index is 1.86. The summed E-state index contributed by atoms with van der Waals surface area (Å²) in [6.07, 6.45) is 1.53. The Morgan fingerprint density at radius 1 is 1.30 bits per heavy atom. The van der Waals surface area contributed by atoms with Crippen molar-refractivity contribution in [2.45, 2.75) is 39.2 Å². The molecule has 0 saturated carbocycles. The van der Waals surface area contributed by atoms with E-state index in [4.69, 9.17) is 4.42 Å². The second-order valence-corrected chi connectivity index (χ2v) is 5.61. The Morgan fingerprint density at radius 3 is 2.70 bits per heavy atom. The molecular formula is C17H23N3O3. The van der Waals surface area contributed by atoms with Gasteiger partial charge in [-0.3, -0.25) is 4.79 Å². The molecule has 0 aliphatic carbocycles. The number of rotatable bonds is 8. The van der Waals surface area contributed by atoms with Gasteiger partial charge in [0.05, 0.1) is 12.6 Å². The van der Waals surface area contributed by atoms with E-state index in [1.165, 1.54) is 0 Å². The minimum Gasteiger partial charge on any atom is -0.421 e. The van der Waals surface area contributed by atoms with Crippen molar-refractivity contribution in [1.29, 1.82) is 0 Å². The molecule has 1 aromatic carbocycles. The summed E-state index contributed by atoms with van der Waals surface area (Å²) in [4.78, 5) is 12.0. The molecular weight excluding hydrogens is 294 g/mol. The van der Waals surface area contributed by atoms with Crippen molar-refractivity contribution in [2.24, 2.45) is 5.92 Å². The van der Waals surface area contributed by atoms with Gasteiger partial charge in [0.1, 0.15) is 0 Å². The van der Waals surface area contributed by atoms with E-state index in [1.54, 1.807) is 0 Å². The van der Waals surface area contributed by atoms with E-state index in [2.05, 4.69) is 15.5 Å². The molecule has 6 nitrogen and oxygen atoms in total. The summed E-state index contributed by atoms with van der Waals surface area (Å²) in [7, 11) is 0. The number of nitrogens with zero attached hydrogens (tertiary/aromatic N) is 2. The lowest BCUT2D eigenvalue weighted by Gasteiger charge is -2.21. The zero-order valence-corrected chi connectivity index (χ0v) is 13.5. The molecule has 1 aromatic heterocycles. The van der Waals surface area contributed by atoms with Crippen molar-refractivity contribution < 1.29 is 14.3 Å². The molecule has 1 amide bonds. The lowest BCUT2D eigenvalue weighted by Crippen LogP contribution is -2.41. The Kier molecular flexibility index (Phi) is 6.29. The van der Waals surface area contributed by atoms with Crippen molar-refractivity contribution >= 4 is 5.91 Å². The van der Waals surface area contributed by atoms with Gasteiger partial charge in [0.2, 0.25) is 17.7 Å². The third-order valence-corrected chi connectivity index (χ3v) is 3.93. The summed E-state index contributed by atoms with van der Waals surface area (Å²) in [5, 5.41) is 20.1. The van der Waals surface area contributed by atoms with Gasteiger partial charge in [0.25, 0.3) is 0 Å². The SMILES string of the molecule is CC[C@H](C)[C@H](CO)NC(=O)CCc1nnc(-c2ccccc2)o1. The highest BCUT2D eigenvalue weighted by molar-refractivity contribution is 5.76. The molecule has 0 radical (unpaired) electrons. The summed E-state index contributed by atoms with van der Waals surface area (Å²) in [5.41, 5.74) is 0.854. The van der Waals surface area contributed by atoms with Crippen LogP contribution in [0.1, 0.15) is 32.6 Å². The van der Waals surface area contributed by atoms with Gasteiger partial charge in [-0.15, -0.1) is 10.2 Å². The Bertz CT molecular complexity index is 613. The number of aromatic nitrogens is 2. The number of nitrogens with one attached hydrogen (secondary N) is 1. The quantitative estimate of drug-likeness (QED) is 0.779. The van der Waals surface area contributed by atoms with Crippen molar-refractivity contribution in [3.63, 3.8) is 0 Å². The zero-order valence-electron chi connectivity index (χ0n) is 13.5. The first kappa shape index (κ1) is 17.1. The highest BCUT2D eigenvalue weighted by Gasteiger charge is 2.18. The van der Waals surface area contributed by atoms with Crippen molar-refractivity contribution in [3.05, 3.63) is 36.2 Å². The van der Waals surface area contributed by atoms with Crippen molar-refractivity contribution in [2.75, 3.05) is 6.61 Å². The molecule has 23 heavy (non-hydrogen) atoms. The van der Waals surface area contributed by atoms with Crippen LogP contribution in [0.15, 0.2) is 34.7 Å². The predicted octanol–water partition coefficient (Wildman–Crippen LogP) is 2.19. The van der Waals surface area contributed by atoms with Crippen LogP contribution in [0.4, 0.5) is 0 Å². The third-order valence-electron chi connectivity index (χ3n) is 3.93. The first-order chi connectivity index (χ1) is 11.1. The summed E-state index contributed by atoms with van der Waals surface area (Å²) in [6, 6.07) is 9.28. The van der Waals surface area contributed by atoms with Crippen LogP contribution in [0, 0.1) is 5.92 Å². The highest BCUT2D eigenvalue weighted by atomic mass is 16.4. The smallest absolute Gasteiger partial charge is 0.247 e. The van der Waals surface area contributed by atoms with Gasteiger partial charge in [-0.1, -0.05) is 38.5 Å². The second-order valence-electron chi connectivity index (χ2n) is 5.61. The summed E-state index contributed by atoms with van der Waals surface area (Å²) >= 11 is 0. The van der Waals surface area contributed by atoms with Gasteiger partial charge in [-0.05, 0) is 18.1 Å². The molecule has 2 aromatic rings. The fraction of sp³-hybridized carbons (Fsp3) is 0.471. The molecule has 0 aliphatic heterocycles.